The van der Waals surface area contributed by atoms with Gasteiger partial charge < -0.3 is 10.1 Å². The predicted molar refractivity (Wildman–Crippen MR) is 121 cm³/mol. The molecule has 0 heterocycles. The number of anilines is 2. The number of amides is 2. The lowest BCUT2D eigenvalue weighted by molar-refractivity contribution is -0.116. The summed E-state index contributed by atoms with van der Waals surface area (Å²) in [6.45, 7) is 7.53. The van der Waals surface area contributed by atoms with Crippen molar-refractivity contribution in [2.75, 3.05) is 30.8 Å². The number of carbonyl (C=O) groups excluding carboxylic acids is 2. The van der Waals surface area contributed by atoms with Crippen molar-refractivity contribution in [1.29, 1.82) is 0 Å². The molecule has 2 rings (SSSR count). The number of hydrogen-bond donors (Lipinski definition) is 2. The molecule has 0 saturated heterocycles. The maximum absolute atomic E-state index is 12.8. The van der Waals surface area contributed by atoms with Crippen molar-refractivity contribution >= 4 is 33.4 Å². The summed E-state index contributed by atoms with van der Waals surface area (Å²) in [5.74, 6) is -0.289. The van der Waals surface area contributed by atoms with Gasteiger partial charge in [-0.1, -0.05) is 26.0 Å². The maximum Gasteiger partial charge on any atom is 0.411 e. The molecule has 0 fully saturated rings. The Morgan fingerprint density at radius 2 is 1.65 bits per heavy atom. The van der Waals surface area contributed by atoms with E-state index in [9.17, 15) is 18.0 Å². The smallest absolute Gasteiger partial charge is 0.411 e. The minimum Gasteiger partial charge on any atom is -0.449 e. The largest absolute Gasteiger partial charge is 0.449 e. The SMILES string of the molecule is Cc1ccc(S(=O)(=O)N(C)CC(=O)Nc2cccc(NC(=O)OCC(C)C)c2)cc1C. The molecule has 8 nitrogen and oxygen atoms in total. The Labute approximate surface area is 183 Å². The molecule has 31 heavy (non-hydrogen) atoms. The van der Waals surface area contributed by atoms with E-state index in [0.29, 0.717) is 18.0 Å². The molecule has 2 N–H and O–H groups in total. The highest BCUT2D eigenvalue weighted by Gasteiger charge is 2.23. The fourth-order valence-electron chi connectivity index (χ4n) is 2.61. The van der Waals surface area contributed by atoms with E-state index in [4.69, 9.17) is 4.74 Å². The summed E-state index contributed by atoms with van der Waals surface area (Å²) in [5, 5.41) is 5.23. The van der Waals surface area contributed by atoms with E-state index in [1.54, 1.807) is 36.4 Å². The second kappa shape index (κ2) is 10.4. The number of aryl methyl sites for hydroxylation is 2. The Morgan fingerprint density at radius 3 is 2.26 bits per heavy atom. The molecule has 168 valence electrons. The van der Waals surface area contributed by atoms with Gasteiger partial charge in [0, 0.05) is 18.4 Å². The molecule has 9 heteroatoms. The first-order chi connectivity index (χ1) is 14.5. The topological polar surface area (TPSA) is 105 Å². The molecule has 0 aromatic heterocycles. The zero-order valence-corrected chi connectivity index (χ0v) is 19.2. The van der Waals surface area contributed by atoms with Crippen LogP contribution in [0, 0.1) is 19.8 Å². The molecule has 0 aliphatic heterocycles. The molecule has 2 aromatic carbocycles. The molecule has 0 bridgehead atoms. The van der Waals surface area contributed by atoms with Crippen molar-refractivity contribution in [2.45, 2.75) is 32.6 Å². The van der Waals surface area contributed by atoms with Crippen LogP contribution in [0.3, 0.4) is 0 Å². The number of carbonyl (C=O) groups is 2. The van der Waals surface area contributed by atoms with Crippen LogP contribution >= 0.6 is 0 Å². The summed E-state index contributed by atoms with van der Waals surface area (Å²) in [6, 6.07) is 11.4. The van der Waals surface area contributed by atoms with Gasteiger partial charge in [-0.2, -0.15) is 4.31 Å². The summed E-state index contributed by atoms with van der Waals surface area (Å²) in [7, 11) is -2.45. The number of likely N-dealkylation sites (N-methyl/N-ethyl adjacent to an activating group) is 1. The van der Waals surface area contributed by atoms with Crippen LogP contribution in [0.15, 0.2) is 47.4 Å². The van der Waals surface area contributed by atoms with Crippen molar-refractivity contribution in [3.8, 4) is 0 Å². The molecule has 0 radical (unpaired) electrons. The second-order valence-electron chi connectivity index (χ2n) is 7.75. The highest BCUT2D eigenvalue weighted by Crippen LogP contribution is 2.19. The Morgan fingerprint density at radius 1 is 1.00 bits per heavy atom. The average Bonchev–Trinajstić information content (AvgIpc) is 2.68. The highest BCUT2D eigenvalue weighted by molar-refractivity contribution is 7.89. The summed E-state index contributed by atoms with van der Waals surface area (Å²) in [6.07, 6.45) is -0.587. The molecule has 2 aromatic rings. The first-order valence-electron chi connectivity index (χ1n) is 9.86. The highest BCUT2D eigenvalue weighted by atomic mass is 32.2. The van der Waals surface area contributed by atoms with Crippen LogP contribution in [0.25, 0.3) is 0 Å². The van der Waals surface area contributed by atoms with E-state index in [1.807, 2.05) is 27.7 Å². The summed E-state index contributed by atoms with van der Waals surface area (Å²) >= 11 is 0. The Bertz CT molecular complexity index is 1050. The van der Waals surface area contributed by atoms with E-state index in [2.05, 4.69) is 10.6 Å². The van der Waals surface area contributed by atoms with Gasteiger partial charge in [0.25, 0.3) is 0 Å². The Balaban J connectivity index is 2.00. The standard InChI is InChI=1S/C22H29N3O5S/c1-15(2)14-30-22(27)24-19-8-6-7-18(12-19)23-21(26)13-25(5)31(28,29)20-10-9-16(3)17(4)11-20/h6-12,15H,13-14H2,1-5H3,(H,23,26)(H,24,27). The van der Waals surface area contributed by atoms with Crippen LogP contribution < -0.4 is 10.6 Å². The number of nitrogens with one attached hydrogen (secondary N) is 2. The summed E-state index contributed by atoms with van der Waals surface area (Å²) in [5.41, 5.74) is 2.71. The van der Waals surface area contributed by atoms with E-state index < -0.39 is 22.0 Å². The summed E-state index contributed by atoms with van der Waals surface area (Å²) < 4.78 is 31.6. The third kappa shape index (κ3) is 7.08. The molecule has 0 saturated carbocycles. The lowest BCUT2D eigenvalue weighted by atomic mass is 10.1. The van der Waals surface area contributed by atoms with Gasteiger partial charge in [-0.15, -0.1) is 0 Å². The quantitative estimate of drug-likeness (QED) is 0.641. The molecule has 0 spiro atoms. The van der Waals surface area contributed by atoms with E-state index in [1.165, 1.54) is 13.1 Å². The molecular weight excluding hydrogens is 418 g/mol. The van der Waals surface area contributed by atoms with Gasteiger partial charge in [0.05, 0.1) is 18.0 Å². The average molecular weight is 448 g/mol. The molecular formula is C22H29N3O5S. The van der Waals surface area contributed by atoms with Gasteiger partial charge in [0.1, 0.15) is 0 Å². The zero-order valence-electron chi connectivity index (χ0n) is 18.4. The van der Waals surface area contributed by atoms with Crippen molar-refractivity contribution in [1.82, 2.24) is 4.31 Å². The van der Waals surface area contributed by atoms with Gasteiger partial charge in [-0.25, -0.2) is 13.2 Å². The summed E-state index contributed by atoms with van der Waals surface area (Å²) in [4.78, 5) is 24.3. The fourth-order valence-corrected chi connectivity index (χ4v) is 3.83. The third-order valence-corrected chi connectivity index (χ3v) is 6.29. The zero-order chi connectivity index (χ0) is 23.2. The van der Waals surface area contributed by atoms with E-state index >= 15 is 0 Å². The Kier molecular flexibility index (Phi) is 8.18. The van der Waals surface area contributed by atoms with Crippen molar-refractivity contribution in [2.24, 2.45) is 5.92 Å². The van der Waals surface area contributed by atoms with Crippen molar-refractivity contribution < 1.29 is 22.7 Å². The van der Waals surface area contributed by atoms with Crippen LogP contribution in [-0.4, -0.2) is 44.9 Å². The van der Waals surface area contributed by atoms with E-state index in [-0.39, 0.29) is 17.4 Å². The lowest BCUT2D eigenvalue weighted by Gasteiger charge is -2.18. The van der Waals surface area contributed by atoms with Crippen LogP contribution in [0.2, 0.25) is 0 Å². The monoisotopic (exact) mass is 447 g/mol. The number of sulfonamides is 1. The molecule has 0 aliphatic carbocycles. The van der Waals surface area contributed by atoms with E-state index in [0.717, 1.165) is 15.4 Å². The van der Waals surface area contributed by atoms with Gasteiger partial charge in [-0.05, 0) is 61.2 Å². The predicted octanol–water partition coefficient (Wildman–Crippen LogP) is 3.77. The first-order valence-corrected chi connectivity index (χ1v) is 11.3. The maximum atomic E-state index is 12.8. The second-order valence-corrected chi connectivity index (χ2v) is 9.80. The van der Waals surface area contributed by atoms with Crippen molar-refractivity contribution in [3.05, 3.63) is 53.6 Å². The minimum absolute atomic E-state index is 0.136. The third-order valence-electron chi connectivity index (χ3n) is 4.49. The first kappa shape index (κ1) is 24.4. The molecule has 0 unspecified atom stereocenters. The number of nitrogens with zero attached hydrogens (tertiary/aromatic N) is 1. The van der Waals surface area contributed by atoms with Crippen molar-refractivity contribution in [3.63, 3.8) is 0 Å². The normalized spacial score (nSPS) is 11.5. The fraction of sp³-hybridized carbons (Fsp3) is 0.364. The number of rotatable bonds is 8. The Hall–Kier alpha value is -2.91. The van der Waals surface area contributed by atoms with Gasteiger partial charge >= 0.3 is 6.09 Å². The number of benzene rings is 2. The molecule has 0 atom stereocenters. The lowest BCUT2D eigenvalue weighted by Crippen LogP contribution is -2.35. The number of hydrogen-bond acceptors (Lipinski definition) is 5. The number of ether oxygens (including phenoxy) is 1. The van der Waals surface area contributed by atoms with Crippen LogP contribution in [0.4, 0.5) is 16.2 Å². The minimum atomic E-state index is -3.80. The molecule has 2 amide bonds. The van der Waals surface area contributed by atoms with Gasteiger partial charge in [-0.3, -0.25) is 10.1 Å². The van der Waals surface area contributed by atoms with Crippen LogP contribution in [0.5, 0.6) is 0 Å². The van der Waals surface area contributed by atoms with Crippen LogP contribution in [-0.2, 0) is 19.6 Å². The van der Waals surface area contributed by atoms with Gasteiger partial charge in [0.2, 0.25) is 15.9 Å². The van der Waals surface area contributed by atoms with Gasteiger partial charge in [0.15, 0.2) is 0 Å². The molecule has 0 aliphatic rings. The van der Waals surface area contributed by atoms with Crippen LogP contribution in [0.1, 0.15) is 25.0 Å².